The van der Waals surface area contributed by atoms with Gasteiger partial charge >= 0.3 is 0 Å². The van der Waals surface area contributed by atoms with Crippen molar-refractivity contribution in [1.29, 1.82) is 0 Å². The first-order chi connectivity index (χ1) is 12.6. The van der Waals surface area contributed by atoms with Crippen LogP contribution in [0.4, 0.5) is 10.1 Å². The highest BCUT2D eigenvalue weighted by Crippen LogP contribution is 2.32. The lowest BCUT2D eigenvalue weighted by atomic mass is 9.96. The fraction of sp³-hybridized carbons (Fsp3) is 0.471. The second-order valence-corrected chi connectivity index (χ2v) is 6.81. The molecule has 1 N–H and O–H groups in total. The van der Waals surface area contributed by atoms with E-state index in [1.165, 1.54) is 29.2 Å². The normalized spacial score (nSPS) is 20.0. The standard InChI is InChI=1S/C17H19FN6O2/c18-14-6-5-13(24-10-19-21-22-24)8-15(14)20-16(25)12-2-1-7-23(9-12)17(26)11-3-4-11/h5-6,8,10-12H,1-4,7,9H2,(H,20,25). The number of amides is 2. The van der Waals surface area contributed by atoms with Crippen LogP contribution in [-0.2, 0) is 9.59 Å². The van der Waals surface area contributed by atoms with E-state index in [9.17, 15) is 14.0 Å². The van der Waals surface area contributed by atoms with Crippen LogP contribution in [-0.4, -0.2) is 50.0 Å². The first kappa shape index (κ1) is 16.6. The maximum atomic E-state index is 14.1. The van der Waals surface area contributed by atoms with Gasteiger partial charge in [-0.3, -0.25) is 9.59 Å². The number of carbonyl (C=O) groups excluding carboxylic acids is 2. The van der Waals surface area contributed by atoms with Crippen molar-refractivity contribution in [3.05, 3.63) is 30.3 Å². The number of carbonyl (C=O) groups is 2. The molecule has 1 aliphatic carbocycles. The third-order valence-electron chi connectivity index (χ3n) is 4.85. The Morgan fingerprint density at radius 3 is 2.77 bits per heavy atom. The van der Waals surface area contributed by atoms with Crippen molar-refractivity contribution in [3.63, 3.8) is 0 Å². The first-order valence-electron chi connectivity index (χ1n) is 8.74. The number of anilines is 1. The highest BCUT2D eigenvalue weighted by molar-refractivity contribution is 5.93. The molecule has 4 rings (SSSR count). The number of halogens is 1. The van der Waals surface area contributed by atoms with E-state index in [2.05, 4.69) is 20.8 Å². The molecule has 0 radical (unpaired) electrons. The van der Waals surface area contributed by atoms with E-state index in [4.69, 9.17) is 0 Å². The fourth-order valence-corrected chi connectivity index (χ4v) is 3.25. The summed E-state index contributed by atoms with van der Waals surface area (Å²) in [6.45, 7) is 1.09. The molecule has 1 aliphatic heterocycles. The zero-order chi connectivity index (χ0) is 18.1. The minimum absolute atomic E-state index is 0.0774. The minimum Gasteiger partial charge on any atom is -0.342 e. The average Bonchev–Trinajstić information content (AvgIpc) is 3.37. The van der Waals surface area contributed by atoms with Crippen LogP contribution in [0.25, 0.3) is 5.69 Å². The zero-order valence-electron chi connectivity index (χ0n) is 14.1. The van der Waals surface area contributed by atoms with Crippen LogP contribution < -0.4 is 5.32 Å². The van der Waals surface area contributed by atoms with E-state index in [1.54, 1.807) is 4.90 Å². The molecule has 26 heavy (non-hydrogen) atoms. The predicted octanol–water partition coefficient (Wildman–Crippen LogP) is 1.39. The molecule has 2 fully saturated rings. The molecule has 1 aromatic carbocycles. The summed E-state index contributed by atoms with van der Waals surface area (Å²) in [4.78, 5) is 26.6. The van der Waals surface area contributed by atoms with Gasteiger partial charge in [0, 0.05) is 19.0 Å². The molecule has 2 aromatic rings. The number of piperidine rings is 1. The number of likely N-dealkylation sites (tertiary alicyclic amines) is 1. The van der Waals surface area contributed by atoms with Crippen molar-refractivity contribution in [3.8, 4) is 5.69 Å². The molecule has 1 unspecified atom stereocenters. The average molecular weight is 358 g/mol. The lowest BCUT2D eigenvalue weighted by molar-refractivity contribution is -0.135. The molecule has 2 heterocycles. The van der Waals surface area contributed by atoms with Gasteiger partial charge in [-0.2, -0.15) is 0 Å². The molecule has 1 saturated carbocycles. The molecule has 136 valence electrons. The third-order valence-corrected chi connectivity index (χ3v) is 4.85. The molecular weight excluding hydrogens is 339 g/mol. The molecule has 1 atom stereocenters. The van der Waals surface area contributed by atoms with Gasteiger partial charge in [0.15, 0.2) is 0 Å². The Morgan fingerprint density at radius 2 is 2.04 bits per heavy atom. The minimum atomic E-state index is -0.531. The lowest BCUT2D eigenvalue weighted by Crippen LogP contribution is -2.44. The SMILES string of the molecule is O=C(Nc1cc(-n2cnnn2)ccc1F)C1CCCN(C(=O)C2CC2)C1. The Bertz CT molecular complexity index is 821. The van der Waals surface area contributed by atoms with Gasteiger partial charge in [-0.05, 0) is 54.3 Å². The fourth-order valence-electron chi connectivity index (χ4n) is 3.25. The highest BCUT2D eigenvalue weighted by Gasteiger charge is 2.36. The predicted molar refractivity (Wildman–Crippen MR) is 89.8 cm³/mol. The molecule has 9 heteroatoms. The summed E-state index contributed by atoms with van der Waals surface area (Å²) in [5.41, 5.74) is 0.620. The Labute approximate surface area is 149 Å². The number of hydrogen-bond donors (Lipinski definition) is 1. The van der Waals surface area contributed by atoms with Crippen molar-refractivity contribution >= 4 is 17.5 Å². The molecule has 0 bridgehead atoms. The maximum Gasteiger partial charge on any atom is 0.229 e. The second-order valence-electron chi connectivity index (χ2n) is 6.81. The molecule has 1 saturated heterocycles. The molecule has 2 amide bonds. The third kappa shape index (κ3) is 3.42. The molecule has 0 spiro atoms. The maximum absolute atomic E-state index is 14.1. The Hall–Kier alpha value is -2.84. The van der Waals surface area contributed by atoms with Gasteiger partial charge in [0.05, 0.1) is 17.3 Å². The van der Waals surface area contributed by atoms with Gasteiger partial charge in [-0.1, -0.05) is 0 Å². The van der Waals surface area contributed by atoms with Crippen molar-refractivity contribution in [2.45, 2.75) is 25.7 Å². The van der Waals surface area contributed by atoms with E-state index >= 15 is 0 Å². The Kier molecular flexibility index (Phi) is 4.36. The van der Waals surface area contributed by atoms with Crippen LogP contribution in [0.1, 0.15) is 25.7 Å². The van der Waals surface area contributed by atoms with Crippen LogP contribution in [0.3, 0.4) is 0 Å². The van der Waals surface area contributed by atoms with Crippen LogP contribution >= 0.6 is 0 Å². The smallest absolute Gasteiger partial charge is 0.229 e. The zero-order valence-corrected chi connectivity index (χ0v) is 14.1. The number of nitrogens with one attached hydrogen (secondary N) is 1. The Balaban J connectivity index is 1.45. The van der Waals surface area contributed by atoms with Crippen molar-refractivity contribution in [2.24, 2.45) is 11.8 Å². The van der Waals surface area contributed by atoms with Crippen molar-refractivity contribution in [2.75, 3.05) is 18.4 Å². The summed E-state index contributed by atoms with van der Waals surface area (Å²) in [5, 5.41) is 13.5. The molecular formula is C17H19FN6O2. The lowest BCUT2D eigenvalue weighted by Gasteiger charge is -2.32. The van der Waals surface area contributed by atoms with Crippen LogP contribution in [0.15, 0.2) is 24.5 Å². The number of benzene rings is 1. The van der Waals surface area contributed by atoms with Gasteiger partial charge in [0.2, 0.25) is 11.8 Å². The van der Waals surface area contributed by atoms with Gasteiger partial charge in [-0.25, -0.2) is 9.07 Å². The van der Waals surface area contributed by atoms with Crippen LogP contribution in [0.2, 0.25) is 0 Å². The summed E-state index contributed by atoms with van der Waals surface area (Å²) in [7, 11) is 0. The number of nitrogens with zero attached hydrogens (tertiary/aromatic N) is 5. The number of tetrazole rings is 1. The van der Waals surface area contributed by atoms with Crippen molar-refractivity contribution < 1.29 is 14.0 Å². The summed E-state index contributed by atoms with van der Waals surface area (Å²) < 4.78 is 15.5. The van der Waals surface area contributed by atoms with E-state index < -0.39 is 5.82 Å². The largest absolute Gasteiger partial charge is 0.342 e. The van der Waals surface area contributed by atoms with E-state index in [0.717, 1.165) is 19.3 Å². The number of hydrogen-bond acceptors (Lipinski definition) is 5. The number of rotatable bonds is 4. The summed E-state index contributed by atoms with van der Waals surface area (Å²) in [6.07, 6.45) is 4.75. The monoisotopic (exact) mass is 358 g/mol. The van der Waals surface area contributed by atoms with Crippen LogP contribution in [0, 0.1) is 17.7 Å². The Morgan fingerprint density at radius 1 is 1.19 bits per heavy atom. The molecule has 2 aliphatic rings. The first-order valence-corrected chi connectivity index (χ1v) is 8.74. The van der Waals surface area contributed by atoms with Gasteiger partial charge in [0.1, 0.15) is 12.1 Å². The van der Waals surface area contributed by atoms with Crippen molar-refractivity contribution in [1.82, 2.24) is 25.1 Å². The second kappa shape index (κ2) is 6.81. The molecule has 8 nitrogen and oxygen atoms in total. The number of aromatic nitrogens is 4. The summed E-state index contributed by atoms with van der Waals surface area (Å²) in [6, 6.07) is 4.27. The highest BCUT2D eigenvalue weighted by atomic mass is 19.1. The van der Waals surface area contributed by atoms with Gasteiger partial charge in [0.25, 0.3) is 0 Å². The topological polar surface area (TPSA) is 93.0 Å². The van der Waals surface area contributed by atoms with Crippen LogP contribution in [0.5, 0.6) is 0 Å². The quantitative estimate of drug-likeness (QED) is 0.891. The van der Waals surface area contributed by atoms with Gasteiger partial charge in [-0.15, -0.1) is 5.10 Å². The molecule has 1 aromatic heterocycles. The van der Waals surface area contributed by atoms with E-state index in [0.29, 0.717) is 25.2 Å². The summed E-state index contributed by atoms with van der Waals surface area (Å²) in [5.74, 6) is -0.845. The summed E-state index contributed by atoms with van der Waals surface area (Å²) >= 11 is 0. The van der Waals surface area contributed by atoms with E-state index in [-0.39, 0.29) is 29.3 Å². The van der Waals surface area contributed by atoms with Gasteiger partial charge < -0.3 is 10.2 Å². The van der Waals surface area contributed by atoms with E-state index in [1.807, 2.05) is 0 Å².